The Bertz CT molecular complexity index is 605. The Morgan fingerprint density at radius 3 is 2.22 bits per heavy atom. The minimum atomic E-state index is -0.188. The topological polar surface area (TPSA) is 45.7 Å². The first-order valence-corrected chi connectivity index (χ1v) is 9.90. The molecule has 0 unspecified atom stereocenters. The molecule has 1 heterocycles. The van der Waals surface area contributed by atoms with Gasteiger partial charge in [-0.1, -0.05) is 25.5 Å². The van der Waals surface area contributed by atoms with E-state index in [0.717, 1.165) is 45.1 Å². The molecule has 1 aromatic carbocycles. The van der Waals surface area contributed by atoms with Crippen molar-refractivity contribution >= 4 is 29.9 Å². The van der Waals surface area contributed by atoms with E-state index in [2.05, 4.69) is 22.5 Å². The molecule has 0 aromatic heterocycles. The second-order valence-electron chi connectivity index (χ2n) is 7.89. The third-order valence-electron chi connectivity index (χ3n) is 6.52. The molecule has 1 aliphatic heterocycles. The fraction of sp³-hybridized carbons (Fsp3) is 0.667. The lowest BCUT2D eigenvalue weighted by atomic mass is 9.67. The van der Waals surface area contributed by atoms with E-state index in [1.54, 1.807) is 12.1 Å². The van der Waals surface area contributed by atoms with Crippen molar-refractivity contribution in [3.8, 4) is 0 Å². The van der Waals surface area contributed by atoms with Crippen LogP contribution in [0.3, 0.4) is 0 Å². The minimum Gasteiger partial charge on any atom is -0.381 e. The Morgan fingerprint density at radius 1 is 1.07 bits per heavy atom. The van der Waals surface area contributed by atoms with Gasteiger partial charge < -0.3 is 15.4 Å². The van der Waals surface area contributed by atoms with Crippen LogP contribution in [0, 0.1) is 11.2 Å². The lowest BCUT2D eigenvalue weighted by molar-refractivity contribution is 0.0513. The Hall–Kier alpha value is -0.890. The van der Waals surface area contributed by atoms with Crippen LogP contribution in [0.1, 0.15) is 51.0 Å². The fourth-order valence-electron chi connectivity index (χ4n) is 4.21. The Balaban J connectivity index is 0.00000261. The average molecular weight is 489 g/mol. The second-order valence-corrected chi connectivity index (χ2v) is 7.89. The van der Waals surface area contributed by atoms with E-state index in [0.29, 0.717) is 5.41 Å². The number of hydrogen-bond donors (Lipinski definition) is 2. The summed E-state index contributed by atoms with van der Waals surface area (Å²) in [4.78, 5) is 4.41. The van der Waals surface area contributed by atoms with Crippen molar-refractivity contribution in [1.82, 2.24) is 10.6 Å². The number of nitrogens with one attached hydrogen (secondary N) is 2. The van der Waals surface area contributed by atoms with Crippen molar-refractivity contribution in [3.05, 3.63) is 35.6 Å². The molecule has 0 amide bonds. The number of halogens is 2. The molecule has 1 saturated heterocycles. The van der Waals surface area contributed by atoms with Gasteiger partial charge >= 0.3 is 0 Å². The van der Waals surface area contributed by atoms with Crippen LogP contribution in [-0.2, 0) is 10.2 Å². The van der Waals surface area contributed by atoms with E-state index in [1.807, 2.05) is 19.2 Å². The Morgan fingerprint density at radius 2 is 1.70 bits per heavy atom. The molecule has 4 nitrogen and oxygen atoms in total. The highest BCUT2D eigenvalue weighted by atomic mass is 127. The lowest BCUT2D eigenvalue weighted by Gasteiger charge is -2.42. The number of aliphatic imine (C=N–C) groups is 1. The van der Waals surface area contributed by atoms with Crippen molar-refractivity contribution in [3.63, 3.8) is 0 Å². The molecule has 3 rings (SSSR count). The van der Waals surface area contributed by atoms with Gasteiger partial charge in [-0.2, -0.15) is 0 Å². The molecule has 2 fully saturated rings. The van der Waals surface area contributed by atoms with Crippen molar-refractivity contribution in [2.24, 2.45) is 10.4 Å². The summed E-state index contributed by atoms with van der Waals surface area (Å²) >= 11 is 0. The van der Waals surface area contributed by atoms with Crippen LogP contribution in [0.25, 0.3) is 0 Å². The highest BCUT2D eigenvalue weighted by Crippen LogP contribution is 2.43. The molecule has 0 atom stereocenters. The maximum Gasteiger partial charge on any atom is 0.191 e. The average Bonchev–Trinajstić information content (AvgIpc) is 2.65. The third kappa shape index (κ3) is 5.34. The molecule has 152 valence electrons. The zero-order valence-electron chi connectivity index (χ0n) is 16.5. The number of benzene rings is 1. The number of ether oxygens (including phenoxy) is 1. The summed E-state index contributed by atoms with van der Waals surface area (Å²) in [6, 6.07) is 6.94. The van der Waals surface area contributed by atoms with E-state index in [-0.39, 0.29) is 35.2 Å². The summed E-state index contributed by atoms with van der Waals surface area (Å²) in [5.41, 5.74) is 1.59. The van der Waals surface area contributed by atoms with E-state index in [9.17, 15) is 4.39 Å². The quantitative estimate of drug-likeness (QED) is 0.357. The highest BCUT2D eigenvalue weighted by Gasteiger charge is 2.36. The Kier molecular flexibility index (Phi) is 8.34. The monoisotopic (exact) mass is 489 g/mol. The minimum absolute atomic E-state index is 0. The van der Waals surface area contributed by atoms with Crippen LogP contribution in [0.4, 0.5) is 4.39 Å². The second kappa shape index (κ2) is 10.0. The number of rotatable bonds is 6. The van der Waals surface area contributed by atoms with Crippen LogP contribution in [0.5, 0.6) is 0 Å². The zero-order chi connectivity index (χ0) is 18.5. The van der Waals surface area contributed by atoms with E-state index < -0.39 is 0 Å². The van der Waals surface area contributed by atoms with Gasteiger partial charge in [0.15, 0.2) is 5.96 Å². The summed E-state index contributed by atoms with van der Waals surface area (Å²) in [6.07, 6.45) is 7.04. The summed E-state index contributed by atoms with van der Waals surface area (Å²) in [7, 11) is 1.82. The van der Waals surface area contributed by atoms with Gasteiger partial charge in [-0.3, -0.25) is 4.99 Å². The molecule has 0 radical (unpaired) electrons. The Labute approximate surface area is 179 Å². The molecule has 1 saturated carbocycles. The molecule has 0 spiro atoms. The van der Waals surface area contributed by atoms with Gasteiger partial charge in [0.25, 0.3) is 0 Å². The summed E-state index contributed by atoms with van der Waals surface area (Å²) in [5.74, 6) is 0.671. The summed E-state index contributed by atoms with van der Waals surface area (Å²) in [6.45, 7) is 5.52. The molecule has 27 heavy (non-hydrogen) atoms. The van der Waals surface area contributed by atoms with Crippen LogP contribution in [0.15, 0.2) is 29.3 Å². The van der Waals surface area contributed by atoms with Gasteiger partial charge in [0.1, 0.15) is 5.82 Å². The predicted molar refractivity (Wildman–Crippen MR) is 119 cm³/mol. The number of nitrogens with zero attached hydrogens (tertiary/aromatic N) is 1. The van der Waals surface area contributed by atoms with E-state index in [4.69, 9.17) is 4.74 Å². The van der Waals surface area contributed by atoms with E-state index in [1.165, 1.54) is 31.2 Å². The first kappa shape index (κ1) is 22.4. The molecule has 1 aromatic rings. The van der Waals surface area contributed by atoms with Gasteiger partial charge in [-0.05, 0) is 55.2 Å². The zero-order valence-corrected chi connectivity index (χ0v) is 18.9. The number of guanidine groups is 1. The summed E-state index contributed by atoms with van der Waals surface area (Å²) < 4.78 is 18.9. The highest BCUT2D eigenvalue weighted by molar-refractivity contribution is 14.0. The molecule has 0 bridgehead atoms. The van der Waals surface area contributed by atoms with Crippen molar-refractivity contribution in [2.45, 2.75) is 50.9 Å². The normalized spacial score (nSPS) is 20.9. The van der Waals surface area contributed by atoms with Gasteiger partial charge in [-0.25, -0.2) is 4.39 Å². The molecule has 2 N–H and O–H groups in total. The van der Waals surface area contributed by atoms with Crippen LogP contribution in [0.2, 0.25) is 0 Å². The van der Waals surface area contributed by atoms with E-state index >= 15 is 0 Å². The van der Waals surface area contributed by atoms with Gasteiger partial charge in [-0.15, -0.1) is 24.0 Å². The van der Waals surface area contributed by atoms with Gasteiger partial charge in [0.05, 0.1) is 0 Å². The third-order valence-corrected chi connectivity index (χ3v) is 6.52. The predicted octanol–water partition coefficient (Wildman–Crippen LogP) is 4.24. The molecular weight excluding hydrogens is 456 g/mol. The largest absolute Gasteiger partial charge is 0.381 e. The lowest BCUT2D eigenvalue weighted by Crippen LogP contribution is -2.50. The first-order chi connectivity index (χ1) is 12.6. The smallest absolute Gasteiger partial charge is 0.191 e. The first-order valence-electron chi connectivity index (χ1n) is 9.90. The fourth-order valence-corrected chi connectivity index (χ4v) is 4.21. The van der Waals surface area contributed by atoms with Crippen molar-refractivity contribution in [1.29, 1.82) is 0 Å². The maximum absolute atomic E-state index is 13.4. The van der Waals surface area contributed by atoms with Crippen LogP contribution < -0.4 is 10.6 Å². The summed E-state index contributed by atoms with van der Waals surface area (Å²) in [5, 5.41) is 7.06. The standard InChI is InChI=1S/C21H32FN3O.HI/c1-3-20(9-4-10-20)15-24-19(23-2)25-16-21(11-13-26-14-12-21)17-5-7-18(22)8-6-17;/h5-8H,3-4,9-16H2,1-2H3,(H2,23,24,25);1H. The maximum atomic E-state index is 13.4. The molecule has 2 aliphatic rings. The number of hydrogen-bond acceptors (Lipinski definition) is 2. The molecule has 6 heteroatoms. The van der Waals surface area contributed by atoms with Gasteiger partial charge in [0.2, 0.25) is 0 Å². The molecular formula is C21H33FIN3O. The van der Waals surface area contributed by atoms with Crippen LogP contribution >= 0.6 is 24.0 Å². The van der Waals surface area contributed by atoms with Gasteiger partial charge in [0, 0.05) is 38.8 Å². The van der Waals surface area contributed by atoms with Crippen LogP contribution in [-0.4, -0.2) is 39.3 Å². The van der Waals surface area contributed by atoms with Crippen molar-refractivity contribution < 1.29 is 9.13 Å². The molecule has 1 aliphatic carbocycles. The van der Waals surface area contributed by atoms with Crippen molar-refractivity contribution in [2.75, 3.05) is 33.4 Å². The SMILES string of the molecule is CCC1(CNC(=NC)NCC2(c3ccc(F)cc3)CCOCC2)CCC1.I.